The molecule has 2 aromatic rings. The van der Waals surface area contributed by atoms with Gasteiger partial charge in [0.1, 0.15) is 5.75 Å². The zero-order chi connectivity index (χ0) is 13.1. The molecule has 1 heterocycles. The minimum Gasteiger partial charge on any atom is -0.439 e. The summed E-state index contributed by atoms with van der Waals surface area (Å²) in [5.74, 6) is 1.26. The Bertz CT molecular complexity index is 538. The van der Waals surface area contributed by atoms with Crippen LogP contribution in [0.5, 0.6) is 11.6 Å². The van der Waals surface area contributed by atoms with E-state index in [1.807, 2.05) is 25.1 Å². The zero-order valence-corrected chi connectivity index (χ0v) is 11.8. The number of hydrogen-bond donors (Lipinski definition) is 1. The molecule has 4 heteroatoms. The van der Waals surface area contributed by atoms with Crippen LogP contribution in [0, 0.1) is 6.92 Å². The molecule has 1 aromatic carbocycles. The molecule has 0 unspecified atom stereocenters. The SMILES string of the molecule is Cc1cc(Oc2ccc([C@@H](C)O)cn2)ccc1Br. The van der Waals surface area contributed by atoms with Crippen molar-refractivity contribution in [2.24, 2.45) is 0 Å². The summed E-state index contributed by atoms with van der Waals surface area (Å²) < 4.78 is 6.68. The molecule has 2 rings (SSSR count). The fraction of sp³-hybridized carbons (Fsp3) is 0.214. The van der Waals surface area contributed by atoms with Gasteiger partial charge in [0.25, 0.3) is 0 Å². The predicted octanol–water partition coefficient (Wildman–Crippen LogP) is 4.00. The Morgan fingerprint density at radius 3 is 2.61 bits per heavy atom. The number of hydrogen-bond acceptors (Lipinski definition) is 3. The van der Waals surface area contributed by atoms with Crippen LogP contribution in [0.15, 0.2) is 41.0 Å². The van der Waals surface area contributed by atoms with Crippen molar-refractivity contribution >= 4 is 15.9 Å². The third kappa shape index (κ3) is 3.09. The Balaban J connectivity index is 2.15. The highest BCUT2D eigenvalue weighted by Gasteiger charge is 2.04. The maximum atomic E-state index is 9.39. The lowest BCUT2D eigenvalue weighted by molar-refractivity contribution is 0.198. The second-order valence-corrected chi connectivity index (χ2v) is 4.97. The van der Waals surface area contributed by atoms with E-state index in [4.69, 9.17) is 4.74 Å². The number of halogens is 1. The van der Waals surface area contributed by atoms with Crippen LogP contribution < -0.4 is 4.74 Å². The smallest absolute Gasteiger partial charge is 0.219 e. The number of aromatic nitrogens is 1. The van der Waals surface area contributed by atoms with E-state index in [-0.39, 0.29) is 0 Å². The summed E-state index contributed by atoms with van der Waals surface area (Å²) in [6, 6.07) is 9.31. The number of pyridine rings is 1. The molecule has 0 fully saturated rings. The topological polar surface area (TPSA) is 42.4 Å². The summed E-state index contributed by atoms with van der Waals surface area (Å²) in [7, 11) is 0. The number of aliphatic hydroxyl groups excluding tert-OH is 1. The van der Waals surface area contributed by atoms with Crippen molar-refractivity contribution in [1.82, 2.24) is 4.98 Å². The Labute approximate surface area is 115 Å². The summed E-state index contributed by atoms with van der Waals surface area (Å²) in [5, 5.41) is 9.39. The van der Waals surface area contributed by atoms with E-state index in [0.717, 1.165) is 21.3 Å². The average molecular weight is 308 g/mol. The van der Waals surface area contributed by atoms with Gasteiger partial charge in [0.05, 0.1) is 6.10 Å². The first-order chi connectivity index (χ1) is 8.56. The maximum Gasteiger partial charge on any atom is 0.219 e. The van der Waals surface area contributed by atoms with Crippen molar-refractivity contribution < 1.29 is 9.84 Å². The van der Waals surface area contributed by atoms with Gasteiger partial charge in [-0.2, -0.15) is 0 Å². The molecule has 0 aliphatic rings. The Morgan fingerprint density at radius 1 is 1.28 bits per heavy atom. The molecule has 94 valence electrons. The third-order valence-electron chi connectivity index (χ3n) is 2.59. The van der Waals surface area contributed by atoms with Crippen LogP contribution in [0.25, 0.3) is 0 Å². The first-order valence-corrected chi connectivity index (χ1v) is 6.43. The molecule has 0 amide bonds. The van der Waals surface area contributed by atoms with E-state index in [1.54, 1.807) is 25.3 Å². The van der Waals surface area contributed by atoms with Crippen molar-refractivity contribution in [1.29, 1.82) is 0 Å². The van der Waals surface area contributed by atoms with Gasteiger partial charge in [0, 0.05) is 16.7 Å². The highest BCUT2D eigenvalue weighted by atomic mass is 79.9. The Kier molecular flexibility index (Phi) is 3.99. The van der Waals surface area contributed by atoms with Gasteiger partial charge < -0.3 is 9.84 Å². The molecule has 0 radical (unpaired) electrons. The number of aryl methyl sites for hydroxylation is 1. The molecule has 0 saturated carbocycles. The number of ether oxygens (including phenoxy) is 1. The minimum absolute atomic E-state index is 0.513. The third-order valence-corrected chi connectivity index (χ3v) is 3.48. The highest BCUT2D eigenvalue weighted by Crippen LogP contribution is 2.25. The number of benzene rings is 1. The van der Waals surface area contributed by atoms with Crippen molar-refractivity contribution in [3.05, 3.63) is 52.1 Å². The Morgan fingerprint density at radius 2 is 2.06 bits per heavy atom. The summed E-state index contributed by atoms with van der Waals surface area (Å²) in [6.07, 6.45) is 1.10. The highest BCUT2D eigenvalue weighted by molar-refractivity contribution is 9.10. The summed E-state index contributed by atoms with van der Waals surface area (Å²) in [6.45, 7) is 3.70. The van der Waals surface area contributed by atoms with Crippen LogP contribution in [-0.2, 0) is 0 Å². The molecule has 0 bridgehead atoms. The molecule has 0 aliphatic heterocycles. The summed E-state index contributed by atoms with van der Waals surface area (Å²) in [4.78, 5) is 4.15. The van der Waals surface area contributed by atoms with E-state index in [2.05, 4.69) is 20.9 Å². The van der Waals surface area contributed by atoms with Crippen LogP contribution in [0.3, 0.4) is 0 Å². The predicted molar refractivity (Wildman–Crippen MR) is 73.8 cm³/mol. The molecular formula is C14H14BrNO2. The molecule has 1 atom stereocenters. The van der Waals surface area contributed by atoms with Gasteiger partial charge in [0.15, 0.2) is 0 Å². The molecule has 3 nitrogen and oxygen atoms in total. The van der Waals surface area contributed by atoms with Gasteiger partial charge in [-0.3, -0.25) is 0 Å². The van der Waals surface area contributed by atoms with Crippen molar-refractivity contribution in [2.75, 3.05) is 0 Å². The quantitative estimate of drug-likeness (QED) is 0.932. The van der Waals surface area contributed by atoms with Crippen molar-refractivity contribution in [3.63, 3.8) is 0 Å². The van der Waals surface area contributed by atoms with Crippen LogP contribution in [0.4, 0.5) is 0 Å². The van der Waals surface area contributed by atoms with Crippen LogP contribution in [-0.4, -0.2) is 10.1 Å². The first-order valence-electron chi connectivity index (χ1n) is 5.64. The molecule has 0 aliphatic carbocycles. The van der Waals surface area contributed by atoms with E-state index in [9.17, 15) is 5.11 Å². The van der Waals surface area contributed by atoms with Gasteiger partial charge in [-0.05, 0) is 49.2 Å². The first kappa shape index (κ1) is 13.1. The van der Waals surface area contributed by atoms with E-state index >= 15 is 0 Å². The second kappa shape index (κ2) is 5.50. The molecule has 18 heavy (non-hydrogen) atoms. The molecule has 1 aromatic heterocycles. The average Bonchev–Trinajstić information content (AvgIpc) is 2.34. The standard InChI is InChI=1S/C14H14BrNO2/c1-9-7-12(4-5-13(9)15)18-14-6-3-11(8-16-14)10(2)17/h3-8,10,17H,1-2H3/t10-/m1/s1. The normalized spacial score (nSPS) is 12.2. The number of rotatable bonds is 3. The lowest BCUT2D eigenvalue weighted by Crippen LogP contribution is -1.94. The van der Waals surface area contributed by atoms with E-state index in [0.29, 0.717) is 5.88 Å². The zero-order valence-electron chi connectivity index (χ0n) is 10.2. The van der Waals surface area contributed by atoms with Crippen LogP contribution in [0.2, 0.25) is 0 Å². The molecule has 1 N–H and O–H groups in total. The largest absolute Gasteiger partial charge is 0.439 e. The maximum absolute atomic E-state index is 9.39. The van der Waals surface area contributed by atoms with Gasteiger partial charge in [-0.15, -0.1) is 0 Å². The lowest BCUT2D eigenvalue weighted by Gasteiger charge is -2.08. The van der Waals surface area contributed by atoms with Crippen molar-refractivity contribution in [2.45, 2.75) is 20.0 Å². The number of nitrogens with zero attached hydrogens (tertiary/aromatic N) is 1. The molecule has 0 spiro atoms. The number of aliphatic hydroxyl groups is 1. The summed E-state index contributed by atoms with van der Waals surface area (Å²) in [5.41, 5.74) is 1.88. The second-order valence-electron chi connectivity index (χ2n) is 4.12. The molecule has 0 saturated heterocycles. The van der Waals surface area contributed by atoms with E-state index in [1.165, 1.54) is 0 Å². The van der Waals surface area contributed by atoms with Gasteiger partial charge in [0.2, 0.25) is 5.88 Å². The fourth-order valence-electron chi connectivity index (χ4n) is 1.50. The van der Waals surface area contributed by atoms with Gasteiger partial charge in [-0.1, -0.05) is 15.9 Å². The fourth-order valence-corrected chi connectivity index (χ4v) is 1.75. The lowest BCUT2D eigenvalue weighted by atomic mass is 10.2. The molecular weight excluding hydrogens is 294 g/mol. The van der Waals surface area contributed by atoms with Gasteiger partial charge >= 0.3 is 0 Å². The Hall–Kier alpha value is -1.39. The van der Waals surface area contributed by atoms with Crippen molar-refractivity contribution in [3.8, 4) is 11.6 Å². The minimum atomic E-state index is -0.513. The van der Waals surface area contributed by atoms with Crippen LogP contribution >= 0.6 is 15.9 Å². The monoisotopic (exact) mass is 307 g/mol. The van der Waals surface area contributed by atoms with E-state index < -0.39 is 6.10 Å². The van der Waals surface area contributed by atoms with Gasteiger partial charge in [-0.25, -0.2) is 4.98 Å². The summed E-state index contributed by atoms with van der Waals surface area (Å²) >= 11 is 3.44. The van der Waals surface area contributed by atoms with Crippen LogP contribution in [0.1, 0.15) is 24.2 Å².